The SMILES string of the molecule is O=S(=O)(Nc1cccc(-c2nn[nH]n2)c1)c1ccc(-c2cc(F)cc(F)c2)s1. The van der Waals surface area contributed by atoms with Gasteiger partial charge in [0.25, 0.3) is 10.0 Å². The Balaban J connectivity index is 1.61. The number of thiophene rings is 1. The van der Waals surface area contributed by atoms with Crippen LogP contribution >= 0.6 is 11.3 Å². The minimum atomic E-state index is -3.89. The molecule has 0 fully saturated rings. The van der Waals surface area contributed by atoms with E-state index in [4.69, 9.17) is 0 Å². The van der Waals surface area contributed by atoms with E-state index in [9.17, 15) is 17.2 Å². The van der Waals surface area contributed by atoms with Crippen molar-refractivity contribution in [3.05, 3.63) is 66.2 Å². The number of aromatic amines is 1. The Bertz CT molecular complexity index is 1220. The van der Waals surface area contributed by atoms with Gasteiger partial charge in [-0.15, -0.1) is 21.5 Å². The van der Waals surface area contributed by atoms with E-state index in [1.165, 1.54) is 12.1 Å². The molecule has 0 spiro atoms. The molecule has 0 atom stereocenters. The summed E-state index contributed by atoms with van der Waals surface area (Å²) in [6.07, 6.45) is 0. The van der Waals surface area contributed by atoms with E-state index >= 15 is 0 Å². The molecule has 2 heterocycles. The third-order valence-electron chi connectivity index (χ3n) is 3.71. The van der Waals surface area contributed by atoms with E-state index < -0.39 is 21.7 Å². The number of aromatic nitrogens is 4. The van der Waals surface area contributed by atoms with Crippen molar-refractivity contribution in [1.29, 1.82) is 0 Å². The van der Waals surface area contributed by atoms with Crippen molar-refractivity contribution in [2.24, 2.45) is 0 Å². The summed E-state index contributed by atoms with van der Waals surface area (Å²) in [4.78, 5) is 0.430. The summed E-state index contributed by atoms with van der Waals surface area (Å²) in [7, 11) is -3.89. The van der Waals surface area contributed by atoms with E-state index in [-0.39, 0.29) is 9.77 Å². The number of halogens is 2. The number of nitrogens with one attached hydrogen (secondary N) is 2. The Hall–Kier alpha value is -3.18. The number of benzene rings is 2. The van der Waals surface area contributed by atoms with Gasteiger partial charge in [0.2, 0.25) is 5.82 Å². The molecule has 0 amide bonds. The van der Waals surface area contributed by atoms with Crippen LogP contribution in [0, 0.1) is 11.6 Å². The van der Waals surface area contributed by atoms with E-state index in [0.717, 1.165) is 29.5 Å². The van der Waals surface area contributed by atoms with Crippen LogP contribution in [0.2, 0.25) is 0 Å². The van der Waals surface area contributed by atoms with E-state index in [1.807, 2.05) is 0 Å². The zero-order chi connectivity index (χ0) is 19.7. The molecule has 0 unspecified atom stereocenters. The summed E-state index contributed by atoms with van der Waals surface area (Å²) in [5.74, 6) is -1.14. The fourth-order valence-electron chi connectivity index (χ4n) is 2.53. The van der Waals surface area contributed by atoms with Gasteiger partial charge in [-0.3, -0.25) is 4.72 Å². The van der Waals surface area contributed by atoms with Crippen molar-refractivity contribution in [2.45, 2.75) is 4.21 Å². The van der Waals surface area contributed by atoms with Gasteiger partial charge in [-0.1, -0.05) is 12.1 Å². The van der Waals surface area contributed by atoms with Crippen molar-refractivity contribution in [2.75, 3.05) is 4.72 Å². The quantitative estimate of drug-likeness (QED) is 0.514. The molecule has 0 aliphatic heterocycles. The maximum absolute atomic E-state index is 13.4. The Kier molecular flexibility index (Phi) is 4.61. The van der Waals surface area contributed by atoms with Crippen molar-refractivity contribution in [1.82, 2.24) is 20.6 Å². The van der Waals surface area contributed by atoms with Gasteiger partial charge in [0.1, 0.15) is 15.8 Å². The number of hydrogen-bond acceptors (Lipinski definition) is 6. The summed E-state index contributed by atoms with van der Waals surface area (Å²) in [5, 5.41) is 13.5. The number of anilines is 1. The van der Waals surface area contributed by atoms with Crippen molar-refractivity contribution in [3.8, 4) is 21.8 Å². The first-order valence-electron chi connectivity index (χ1n) is 7.84. The monoisotopic (exact) mass is 419 g/mol. The lowest BCUT2D eigenvalue weighted by Gasteiger charge is -2.07. The van der Waals surface area contributed by atoms with Crippen LogP contribution in [0.3, 0.4) is 0 Å². The number of sulfonamides is 1. The molecule has 2 aromatic heterocycles. The van der Waals surface area contributed by atoms with Crippen LogP contribution < -0.4 is 4.72 Å². The average Bonchev–Trinajstić information content (AvgIpc) is 3.33. The van der Waals surface area contributed by atoms with Crippen molar-refractivity contribution in [3.63, 3.8) is 0 Å². The lowest BCUT2D eigenvalue weighted by Crippen LogP contribution is -2.11. The maximum Gasteiger partial charge on any atom is 0.271 e. The van der Waals surface area contributed by atoms with Crippen molar-refractivity contribution < 1.29 is 17.2 Å². The summed E-state index contributed by atoms with van der Waals surface area (Å²) >= 11 is 0.908. The van der Waals surface area contributed by atoms with Crippen LogP contribution in [0.25, 0.3) is 21.8 Å². The van der Waals surface area contributed by atoms with Gasteiger partial charge in [-0.05, 0) is 47.2 Å². The van der Waals surface area contributed by atoms with E-state index in [1.54, 1.807) is 24.3 Å². The molecule has 142 valence electrons. The van der Waals surface area contributed by atoms with Gasteiger partial charge in [0, 0.05) is 22.2 Å². The van der Waals surface area contributed by atoms with Gasteiger partial charge >= 0.3 is 0 Å². The van der Waals surface area contributed by atoms with Crippen LogP contribution in [0.5, 0.6) is 0 Å². The summed E-state index contributed by atoms with van der Waals surface area (Å²) in [6.45, 7) is 0. The largest absolute Gasteiger partial charge is 0.279 e. The third kappa shape index (κ3) is 3.75. The summed E-state index contributed by atoms with van der Waals surface area (Å²) in [6, 6.07) is 12.4. The average molecular weight is 419 g/mol. The molecule has 4 rings (SSSR count). The second-order valence-corrected chi connectivity index (χ2v) is 8.69. The molecule has 0 saturated heterocycles. The van der Waals surface area contributed by atoms with E-state index in [2.05, 4.69) is 25.3 Å². The van der Waals surface area contributed by atoms with Crippen LogP contribution in [-0.4, -0.2) is 29.0 Å². The Morgan fingerprint density at radius 1 is 0.964 bits per heavy atom. The van der Waals surface area contributed by atoms with Gasteiger partial charge in [-0.2, -0.15) is 5.21 Å². The van der Waals surface area contributed by atoms with Crippen LogP contribution in [0.4, 0.5) is 14.5 Å². The van der Waals surface area contributed by atoms with Crippen LogP contribution in [0.1, 0.15) is 0 Å². The molecule has 11 heteroatoms. The molecule has 0 saturated carbocycles. The van der Waals surface area contributed by atoms with E-state index in [0.29, 0.717) is 22.0 Å². The molecular formula is C17H11F2N5O2S2. The number of hydrogen-bond donors (Lipinski definition) is 2. The predicted molar refractivity (Wildman–Crippen MR) is 100 cm³/mol. The molecule has 4 aromatic rings. The zero-order valence-electron chi connectivity index (χ0n) is 13.9. The summed E-state index contributed by atoms with van der Waals surface area (Å²) in [5.41, 5.74) is 1.16. The topological polar surface area (TPSA) is 101 Å². The highest BCUT2D eigenvalue weighted by Gasteiger charge is 2.18. The lowest BCUT2D eigenvalue weighted by atomic mass is 10.2. The Morgan fingerprint density at radius 3 is 2.46 bits per heavy atom. The molecule has 7 nitrogen and oxygen atoms in total. The molecule has 0 aliphatic carbocycles. The third-order valence-corrected chi connectivity index (χ3v) is 6.72. The number of nitrogens with zero attached hydrogens (tertiary/aromatic N) is 3. The zero-order valence-corrected chi connectivity index (χ0v) is 15.6. The molecule has 2 aromatic carbocycles. The Labute approximate surface area is 162 Å². The molecule has 0 bridgehead atoms. The predicted octanol–water partition coefficient (Wildman–Crippen LogP) is 3.67. The van der Waals surface area contributed by atoms with Crippen LogP contribution in [-0.2, 0) is 10.0 Å². The highest BCUT2D eigenvalue weighted by molar-refractivity contribution is 7.94. The number of rotatable bonds is 5. The highest BCUT2D eigenvalue weighted by Crippen LogP contribution is 2.32. The first kappa shape index (κ1) is 18.2. The number of tetrazole rings is 1. The van der Waals surface area contributed by atoms with Crippen molar-refractivity contribution >= 4 is 27.0 Å². The highest BCUT2D eigenvalue weighted by atomic mass is 32.2. The van der Waals surface area contributed by atoms with Gasteiger partial charge in [0.15, 0.2) is 0 Å². The standard InChI is InChI=1S/C17H11F2N5O2S2/c18-12-6-11(7-13(19)9-12)15-4-5-16(27-15)28(25,26)22-14-3-1-2-10(8-14)17-20-23-24-21-17/h1-9,22H,(H,20,21,23,24). The fraction of sp³-hybridized carbons (Fsp3) is 0. The summed E-state index contributed by atoms with van der Waals surface area (Å²) < 4.78 is 54.7. The van der Waals surface area contributed by atoms with Gasteiger partial charge in [0.05, 0.1) is 0 Å². The molecule has 0 radical (unpaired) electrons. The first-order valence-corrected chi connectivity index (χ1v) is 10.1. The minimum Gasteiger partial charge on any atom is -0.279 e. The molecule has 0 aliphatic rings. The normalized spacial score (nSPS) is 11.5. The molecule has 28 heavy (non-hydrogen) atoms. The van der Waals surface area contributed by atoms with Crippen LogP contribution in [0.15, 0.2) is 58.8 Å². The van der Waals surface area contributed by atoms with Gasteiger partial charge < -0.3 is 0 Å². The molecule has 2 N–H and O–H groups in total. The van der Waals surface area contributed by atoms with Gasteiger partial charge in [-0.25, -0.2) is 17.2 Å². The Morgan fingerprint density at radius 2 is 1.75 bits per heavy atom. The number of H-pyrrole nitrogens is 1. The molecular weight excluding hydrogens is 408 g/mol. The fourth-order valence-corrected chi connectivity index (χ4v) is 4.87. The lowest BCUT2D eigenvalue weighted by molar-refractivity contribution is 0.584. The smallest absolute Gasteiger partial charge is 0.271 e. The second kappa shape index (κ2) is 7.09. The first-order chi connectivity index (χ1) is 13.4. The minimum absolute atomic E-state index is 0.0112. The second-order valence-electron chi connectivity index (χ2n) is 5.70. The maximum atomic E-state index is 13.4.